The van der Waals surface area contributed by atoms with Crippen LogP contribution in [0.4, 0.5) is 11.4 Å². The quantitative estimate of drug-likeness (QED) is 0.632. The Kier molecular flexibility index (Phi) is 3.90. The van der Waals surface area contributed by atoms with Gasteiger partial charge in [0.1, 0.15) is 0 Å². The molecule has 1 aliphatic heterocycles. The van der Waals surface area contributed by atoms with E-state index < -0.39 is 0 Å². The molecule has 128 valence electrons. The van der Waals surface area contributed by atoms with Gasteiger partial charge in [-0.25, -0.2) is 0 Å². The van der Waals surface area contributed by atoms with Gasteiger partial charge >= 0.3 is 0 Å². The number of amides is 1. The van der Waals surface area contributed by atoms with E-state index >= 15 is 0 Å². The third-order valence-corrected chi connectivity index (χ3v) is 6.07. The molecule has 6 heteroatoms. The number of non-ortho nitro benzene ring substituents is 1. The summed E-state index contributed by atoms with van der Waals surface area (Å²) in [6.07, 6.45) is 4.93. The highest BCUT2D eigenvalue weighted by molar-refractivity contribution is 5.80. The molecular formula is C18H23N3O3. The standard InChI is InChI=1S/C18H23N3O3/c22-18(17-12-13-1-2-14(17)11-13)20-9-7-19(8-10-20)15-3-5-16(6-4-15)21(23)24/h3-6,13-14,17H,1-2,7-12H2. The number of hydrogen-bond acceptors (Lipinski definition) is 4. The van der Waals surface area contributed by atoms with Crippen LogP contribution in [0, 0.1) is 27.9 Å². The van der Waals surface area contributed by atoms with Crippen LogP contribution >= 0.6 is 0 Å². The lowest BCUT2D eigenvalue weighted by Gasteiger charge is -2.38. The largest absolute Gasteiger partial charge is 0.368 e. The van der Waals surface area contributed by atoms with Crippen molar-refractivity contribution >= 4 is 17.3 Å². The summed E-state index contributed by atoms with van der Waals surface area (Å²) in [7, 11) is 0. The second-order valence-electron chi connectivity index (χ2n) is 7.37. The van der Waals surface area contributed by atoms with Crippen LogP contribution in [-0.4, -0.2) is 41.9 Å². The zero-order valence-electron chi connectivity index (χ0n) is 13.8. The fourth-order valence-corrected chi connectivity index (χ4v) is 4.75. The maximum absolute atomic E-state index is 12.8. The molecular weight excluding hydrogens is 306 g/mol. The van der Waals surface area contributed by atoms with E-state index in [9.17, 15) is 14.9 Å². The van der Waals surface area contributed by atoms with Gasteiger partial charge < -0.3 is 9.80 Å². The van der Waals surface area contributed by atoms with E-state index in [1.165, 1.54) is 19.3 Å². The number of carbonyl (C=O) groups excluding carboxylic acids is 1. The summed E-state index contributed by atoms with van der Waals surface area (Å²) in [6.45, 7) is 3.10. The molecule has 0 spiro atoms. The van der Waals surface area contributed by atoms with Crippen LogP contribution in [0.25, 0.3) is 0 Å². The Balaban J connectivity index is 1.34. The number of nitro benzene ring substituents is 1. The summed E-state index contributed by atoms with van der Waals surface area (Å²) in [5, 5.41) is 10.7. The molecule has 1 heterocycles. The number of hydrogen-bond donors (Lipinski definition) is 0. The van der Waals surface area contributed by atoms with Gasteiger partial charge in [0.15, 0.2) is 0 Å². The first-order valence-electron chi connectivity index (χ1n) is 8.90. The van der Waals surface area contributed by atoms with E-state index in [2.05, 4.69) is 4.90 Å². The highest BCUT2D eigenvalue weighted by Gasteiger charge is 2.44. The molecule has 4 rings (SSSR count). The van der Waals surface area contributed by atoms with Crippen LogP contribution in [0.5, 0.6) is 0 Å². The molecule has 1 saturated heterocycles. The first-order valence-corrected chi connectivity index (χ1v) is 8.90. The smallest absolute Gasteiger partial charge is 0.269 e. The Bertz CT molecular complexity index is 637. The maximum atomic E-state index is 12.8. The summed E-state index contributed by atoms with van der Waals surface area (Å²) < 4.78 is 0. The van der Waals surface area contributed by atoms with Crippen molar-refractivity contribution in [3.63, 3.8) is 0 Å². The third kappa shape index (κ3) is 2.74. The highest BCUT2D eigenvalue weighted by atomic mass is 16.6. The lowest BCUT2D eigenvalue weighted by molar-refractivity contribution is -0.384. The van der Waals surface area contributed by atoms with Gasteiger partial charge in [0.2, 0.25) is 5.91 Å². The summed E-state index contributed by atoms with van der Waals surface area (Å²) in [5.41, 5.74) is 1.11. The van der Waals surface area contributed by atoms with Crippen LogP contribution < -0.4 is 4.90 Å². The average molecular weight is 329 g/mol. The number of fused-ring (bicyclic) bond motifs is 2. The predicted octanol–water partition coefficient (Wildman–Crippen LogP) is 2.68. The number of piperazine rings is 1. The van der Waals surface area contributed by atoms with Crippen molar-refractivity contribution in [2.75, 3.05) is 31.1 Å². The van der Waals surface area contributed by atoms with Gasteiger partial charge in [0, 0.05) is 49.9 Å². The fourth-order valence-electron chi connectivity index (χ4n) is 4.75. The van der Waals surface area contributed by atoms with E-state index in [0.717, 1.165) is 44.2 Å². The Morgan fingerprint density at radius 2 is 1.75 bits per heavy atom. The van der Waals surface area contributed by atoms with Gasteiger partial charge in [-0.15, -0.1) is 0 Å². The molecule has 3 fully saturated rings. The Morgan fingerprint density at radius 1 is 1.04 bits per heavy atom. The zero-order chi connectivity index (χ0) is 16.7. The molecule has 0 N–H and O–H groups in total. The van der Waals surface area contributed by atoms with Crippen molar-refractivity contribution in [2.24, 2.45) is 17.8 Å². The van der Waals surface area contributed by atoms with Crippen LogP contribution in [0.1, 0.15) is 25.7 Å². The van der Waals surface area contributed by atoms with Crippen LogP contribution in [-0.2, 0) is 4.79 Å². The lowest BCUT2D eigenvalue weighted by Crippen LogP contribution is -2.51. The van der Waals surface area contributed by atoms with Crippen LogP contribution in [0.2, 0.25) is 0 Å². The Hall–Kier alpha value is -2.11. The molecule has 2 saturated carbocycles. The van der Waals surface area contributed by atoms with Crippen molar-refractivity contribution in [1.82, 2.24) is 4.90 Å². The van der Waals surface area contributed by atoms with Crippen LogP contribution in [0.3, 0.4) is 0 Å². The minimum absolute atomic E-state index is 0.115. The second kappa shape index (κ2) is 6.07. The Morgan fingerprint density at radius 3 is 2.29 bits per heavy atom. The van der Waals surface area contributed by atoms with Gasteiger partial charge in [-0.05, 0) is 43.2 Å². The van der Waals surface area contributed by atoms with E-state index in [-0.39, 0.29) is 16.5 Å². The second-order valence-corrected chi connectivity index (χ2v) is 7.37. The summed E-state index contributed by atoms with van der Waals surface area (Å²) in [5.74, 6) is 2.07. The SMILES string of the molecule is O=C(C1CC2CCC1C2)N1CCN(c2ccc([N+](=O)[O-])cc2)CC1. The van der Waals surface area contributed by atoms with Gasteiger partial charge in [0.25, 0.3) is 5.69 Å². The number of benzene rings is 1. The summed E-state index contributed by atoms with van der Waals surface area (Å²) >= 11 is 0. The molecule has 1 amide bonds. The Labute approximate surface area is 141 Å². The number of carbonyl (C=O) groups is 1. The number of rotatable bonds is 3. The van der Waals surface area contributed by atoms with Gasteiger partial charge in [-0.1, -0.05) is 6.42 Å². The first kappa shape index (κ1) is 15.4. The molecule has 1 aromatic rings. The molecule has 24 heavy (non-hydrogen) atoms. The predicted molar refractivity (Wildman–Crippen MR) is 90.8 cm³/mol. The van der Waals surface area contributed by atoms with Crippen molar-refractivity contribution in [3.8, 4) is 0 Å². The molecule has 0 radical (unpaired) electrons. The molecule has 0 aromatic heterocycles. The summed E-state index contributed by atoms with van der Waals surface area (Å²) in [4.78, 5) is 27.4. The fraction of sp³-hybridized carbons (Fsp3) is 0.611. The normalized spacial score (nSPS) is 29.1. The minimum atomic E-state index is -0.379. The van der Waals surface area contributed by atoms with Crippen molar-refractivity contribution in [3.05, 3.63) is 34.4 Å². The van der Waals surface area contributed by atoms with Gasteiger partial charge in [-0.3, -0.25) is 14.9 Å². The monoisotopic (exact) mass is 329 g/mol. The molecule has 1 aromatic carbocycles. The topological polar surface area (TPSA) is 66.7 Å². The summed E-state index contributed by atoms with van der Waals surface area (Å²) in [6, 6.07) is 6.68. The molecule has 6 nitrogen and oxygen atoms in total. The van der Waals surface area contributed by atoms with Crippen molar-refractivity contribution in [2.45, 2.75) is 25.7 Å². The average Bonchev–Trinajstić information content (AvgIpc) is 3.25. The van der Waals surface area contributed by atoms with Crippen molar-refractivity contribution in [1.29, 1.82) is 0 Å². The third-order valence-electron chi connectivity index (χ3n) is 6.07. The molecule has 3 aliphatic rings. The zero-order valence-corrected chi connectivity index (χ0v) is 13.8. The minimum Gasteiger partial charge on any atom is -0.368 e. The molecule has 2 bridgehead atoms. The molecule has 3 unspecified atom stereocenters. The van der Waals surface area contributed by atoms with E-state index in [0.29, 0.717) is 11.8 Å². The lowest BCUT2D eigenvalue weighted by atomic mass is 9.87. The van der Waals surface area contributed by atoms with Crippen molar-refractivity contribution < 1.29 is 9.72 Å². The van der Waals surface area contributed by atoms with Gasteiger partial charge in [0.05, 0.1) is 4.92 Å². The van der Waals surface area contributed by atoms with Crippen LogP contribution in [0.15, 0.2) is 24.3 Å². The first-order chi connectivity index (χ1) is 11.6. The van der Waals surface area contributed by atoms with E-state index in [1.54, 1.807) is 24.3 Å². The molecule has 3 atom stereocenters. The molecule has 2 aliphatic carbocycles. The maximum Gasteiger partial charge on any atom is 0.269 e. The highest BCUT2D eigenvalue weighted by Crippen LogP contribution is 2.48. The number of nitrogens with zero attached hydrogens (tertiary/aromatic N) is 3. The van der Waals surface area contributed by atoms with Gasteiger partial charge in [-0.2, -0.15) is 0 Å². The van der Waals surface area contributed by atoms with E-state index in [1.807, 2.05) is 4.90 Å². The number of nitro groups is 1. The van der Waals surface area contributed by atoms with E-state index in [4.69, 9.17) is 0 Å². The number of anilines is 1.